The van der Waals surface area contributed by atoms with Crippen molar-refractivity contribution in [2.45, 2.75) is 0 Å². The van der Waals surface area contributed by atoms with Crippen LogP contribution in [0.15, 0.2) is 22.3 Å². The minimum absolute atomic E-state index is 0.447. The van der Waals surface area contributed by atoms with Crippen molar-refractivity contribution < 1.29 is 40.5 Å². The van der Waals surface area contributed by atoms with Gasteiger partial charge in [-0.05, 0) is 0 Å². The minimum Gasteiger partial charge on any atom is -0.303 e. The second-order valence-corrected chi connectivity index (χ2v) is 5.08. The Bertz CT molecular complexity index is 174. The van der Waals surface area contributed by atoms with Gasteiger partial charge in [0.1, 0.15) is 0 Å². The minimum atomic E-state index is -4.64. The van der Waals surface area contributed by atoms with E-state index >= 15 is 0 Å². The van der Waals surface area contributed by atoms with Crippen molar-refractivity contribution in [2.75, 3.05) is 4.43 Å². The number of allylic oxidation sites excluding steroid dienone is 3. The third kappa shape index (κ3) is 17.9. The van der Waals surface area contributed by atoms with E-state index in [1.54, 1.807) is 0 Å². The molecule has 1 heterocycles. The quantitative estimate of drug-likeness (QED) is 0.256. The van der Waals surface area contributed by atoms with Gasteiger partial charge in [-0.1, -0.05) is 0 Å². The van der Waals surface area contributed by atoms with Crippen molar-refractivity contribution in [3.8, 4) is 0 Å². The van der Waals surface area contributed by atoms with Crippen LogP contribution in [0.1, 0.15) is 0 Å². The fourth-order valence-corrected chi connectivity index (χ4v) is 1.74. The van der Waals surface area contributed by atoms with Crippen molar-refractivity contribution in [1.82, 2.24) is 0 Å². The molecule has 1 aliphatic rings. The maximum atomic E-state index is 8.88. The molecule has 0 radical (unpaired) electrons. The second kappa shape index (κ2) is 5.91. The summed E-state index contributed by atoms with van der Waals surface area (Å²) in [7, 11) is -4.64. The number of alkyl halides is 1. The monoisotopic (exact) mass is 291 g/mol. The summed E-state index contributed by atoms with van der Waals surface area (Å²) in [5.74, 6) is 0. The largest absolute Gasteiger partial charge is 0.466 e. The van der Waals surface area contributed by atoms with Crippen molar-refractivity contribution in [2.24, 2.45) is 0 Å². The van der Waals surface area contributed by atoms with Gasteiger partial charge in [-0.2, -0.15) is 0 Å². The Labute approximate surface area is 75.1 Å². The summed E-state index contributed by atoms with van der Waals surface area (Å²) in [4.78, 5) is 21.6. The first-order chi connectivity index (χ1) is 5.00. The second-order valence-electron chi connectivity index (χ2n) is 1.57. The van der Waals surface area contributed by atoms with Crippen LogP contribution >= 0.6 is 7.82 Å². The Morgan fingerprint density at radius 3 is 1.91 bits per heavy atom. The Hall–Kier alpha value is 0.320. The predicted molar refractivity (Wildman–Crippen MR) is 37.4 cm³/mol. The van der Waals surface area contributed by atoms with Gasteiger partial charge < -0.3 is 14.7 Å². The summed E-state index contributed by atoms with van der Waals surface area (Å²) in [5.41, 5.74) is 0. The Morgan fingerprint density at radius 1 is 1.27 bits per heavy atom. The zero-order valence-corrected chi connectivity index (χ0v) is 8.64. The number of phosphoric acid groups is 1. The first kappa shape index (κ1) is 11.3. The molecule has 0 amide bonds. The molecule has 0 unspecified atom stereocenters. The maximum absolute atomic E-state index is 8.88. The molecule has 11 heavy (non-hydrogen) atoms. The van der Waals surface area contributed by atoms with Crippen LogP contribution in [0.3, 0.4) is 0 Å². The van der Waals surface area contributed by atoms with E-state index in [-0.39, 0.29) is 0 Å². The summed E-state index contributed by atoms with van der Waals surface area (Å²) >= 11 is 0.447. The van der Waals surface area contributed by atoms with Gasteiger partial charge in [0, 0.05) is 0 Å². The van der Waals surface area contributed by atoms with Crippen LogP contribution in [-0.4, -0.2) is 19.1 Å². The van der Waals surface area contributed by atoms with E-state index in [4.69, 9.17) is 19.2 Å². The standard InChI is InChI=1S/C5H6I.H3O4P/c1-2-4-6-5-3-1;1-5(2,3)4/h1-4H,5H2;(H3,1,2,3,4)/q-1;. The van der Waals surface area contributed by atoms with Gasteiger partial charge in [0.05, 0.1) is 0 Å². The van der Waals surface area contributed by atoms with Gasteiger partial charge in [0.15, 0.2) is 0 Å². The van der Waals surface area contributed by atoms with E-state index < -0.39 is 7.82 Å². The molecule has 0 aliphatic carbocycles. The van der Waals surface area contributed by atoms with Crippen LogP contribution in [0.2, 0.25) is 0 Å². The van der Waals surface area contributed by atoms with E-state index in [0.717, 1.165) is 0 Å². The SMILES string of the molecule is C1=CC[I-]C=C1.O=P(O)(O)O. The molecule has 0 saturated carbocycles. The summed E-state index contributed by atoms with van der Waals surface area (Å²) in [5, 5.41) is 0. The molecule has 0 aromatic heterocycles. The van der Waals surface area contributed by atoms with E-state index in [1.807, 2.05) is 0 Å². The zero-order valence-electron chi connectivity index (χ0n) is 5.59. The summed E-state index contributed by atoms with van der Waals surface area (Å²) in [6, 6.07) is 0. The van der Waals surface area contributed by atoms with Crippen molar-refractivity contribution in [3.05, 3.63) is 22.3 Å². The first-order valence-electron chi connectivity index (χ1n) is 2.68. The number of halogens is 1. The molecule has 0 atom stereocenters. The van der Waals surface area contributed by atoms with Crippen LogP contribution in [-0.2, 0) is 4.57 Å². The molecule has 1 rings (SSSR count). The van der Waals surface area contributed by atoms with E-state index in [9.17, 15) is 0 Å². The third-order valence-electron chi connectivity index (χ3n) is 0.587. The molecule has 3 N–H and O–H groups in total. The summed E-state index contributed by atoms with van der Waals surface area (Å²) in [6.45, 7) is 0. The first-order valence-corrected chi connectivity index (χ1v) is 7.01. The van der Waals surface area contributed by atoms with Gasteiger partial charge in [0.2, 0.25) is 0 Å². The molecule has 0 aromatic rings. The van der Waals surface area contributed by atoms with Gasteiger partial charge >= 0.3 is 55.8 Å². The number of rotatable bonds is 0. The summed E-state index contributed by atoms with van der Waals surface area (Å²) in [6.07, 6.45) is 6.48. The van der Waals surface area contributed by atoms with Crippen LogP contribution in [0.25, 0.3) is 0 Å². The average Bonchev–Trinajstić information content (AvgIpc) is 1.88. The van der Waals surface area contributed by atoms with Crippen molar-refractivity contribution >= 4 is 7.82 Å². The molecular formula is C5H9IO4P-. The Morgan fingerprint density at radius 2 is 1.82 bits per heavy atom. The predicted octanol–water partition coefficient (Wildman–Crippen LogP) is -2.77. The van der Waals surface area contributed by atoms with Crippen LogP contribution in [0, 0.1) is 0 Å². The normalized spacial score (nSPS) is 16.3. The maximum Gasteiger partial charge on any atom is 0.466 e. The van der Waals surface area contributed by atoms with Crippen LogP contribution < -0.4 is 21.2 Å². The van der Waals surface area contributed by atoms with Gasteiger partial charge in [-0.15, -0.1) is 0 Å². The number of hydrogen-bond donors (Lipinski definition) is 3. The summed E-state index contributed by atoms with van der Waals surface area (Å²) < 4.78 is 12.5. The third-order valence-corrected chi connectivity index (χ3v) is 2.53. The molecule has 0 bridgehead atoms. The number of hydrogen-bond acceptors (Lipinski definition) is 1. The van der Waals surface area contributed by atoms with Gasteiger partial charge in [-0.25, -0.2) is 4.57 Å². The van der Waals surface area contributed by atoms with Gasteiger partial charge in [-0.3, -0.25) is 0 Å². The molecule has 66 valence electrons. The Kier molecular flexibility index (Phi) is 6.08. The van der Waals surface area contributed by atoms with E-state index in [1.165, 1.54) is 4.43 Å². The van der Waals surface area contributed by atoms with Gasteiger partial charge in [0.25, 0.3) is 0 Å². The molecule has 4 nitrogen and oxygen atoms in total. The van der Waals surface area contributed by atoms with Crippen molar-refractivity contribution in [1.29, 1.82) is 0 Å². The molecule has 0 aromatic carbocycles. The van der Waals surface area contributed by atoms with E-state index in [0.29, 0.717) is 21.2 Å². The smallest absolute Gasteiger partial charge is 0.303 e. The van der Waals surface area contributed by atoms with E-state index in [2.05, 4.69) is 22.3 Å². The van der Waals surface area contributed by atoms with Crippen LogP contribution in [0.4, 0.5) is 0 Å². The fourth-order valence-electron chi connectivity index (χ4n) is 0.326. The molecule has 0 fully saturated rings. The zero-order chi connectivity index (χ0) is 8.74. The molecule has 0 saturated heterocycles. The Balaban J connectivity index is 0.000000187. The van der Waals surface area contributed by atoms with Crippen molar-refractivity contribution in [3.63, 3.8) is 0 Å². The fraction of sp³-hybridized carbons (Fsp3) is 0.200. The molecule has 6 heteroatoms. The van der Waals surface area contributed by atoms with Crippen LogP contribution in [0.5, 0.6) is 0 Å². The topological polar surface area (TPSA) is 77.8 Å². The molecule has 0 spiro atoms. The average molecular weight is 291 g/mol. The molecular weight excluding hydrogens is 282 g/mol. The molecule has 1 aliphatic heterocycles.